The first kappa shape index (κ1) is 35.8. The van der Waals surface area contributed by atoms with Crippen LogP contribution in [0.3, 0.4) is 0 Å². The van der Waals surface area contributed by atoms with Gasteiger partial charge in [-0.25, -0.2) is 0 Å². The quantitative estimate of drug-likeness (QED) is 0.133. The van der Waals surface area contributed by atoms with E-state index in [4.69, 9.17) is 7.74 Å². The summed E-state index contributed by atoms with van der Waals surface area (Å²) >= 11 is 0. The molecule has 220 valence electrons. The van der Waals surface area contributed by atoms with Gasteiger partial charge in [0.2, 0.25) is 0 Å². The molecule has 0 nitrogen and oxygen atoms in total. The van der Waals surface area contributed by atoms with E-state index in [1.165, 1.54) is 83.4 Å². The Morgan fingerprint density at radius 2 is 1.26 bits per heavy atom. The maximum absolute atomic E-state index is 4.72. The summed E-state index contributed by atoms with van der Waals surface area (Å²) in [5.41, 5.74) is 8.59. The number of rotatable bonds is 2. The predicted octanol–water partition coefficient (Wildman–Crippen LogP) is 10.7. The Balaban J connectivity index is 0.000000464. The molecule has 4 bridgehead atoms. The zero-order chi connectivity index (χ0) is 30.3. The zero-order valence-electron chi connectivity index (χ0n) is 27.7. The molecule has 0 heterocycles. The van der Waals surface area contributed by atoms with Gasteiger partial charge in [0.15, 0.2) is 0 Å². The Bertz CT molecular complexity index is 1410. The van der Waals surface area contributed by atoms with Crippen molar-refractivity contribution in [1.29, 1.82) is 0 Å². The minimum absolute atomic E-state index is 0. The van der Waals surface area contributed by atoms with E-state index in [0.29, 0.717) is 0 Å². The molecule has 3 heteroatoms. The summed E-state index contributed by atoms with van der Waals surface area (Å²) in [6.45, 7) is 13.8. The largest absolute Gasteiger partial charge is 0.179 e. The molecule has 4 radical (unpaired) electrons. The summed E-state index contributed by atoms with van der Waals surface area (Å²) in [6, 6.07) is 35.3. The molecule has 0 spiro atoms. The normalized spacial score (nSPS) is 24.5. The summed E-state index contributed by atoms with van der Waals surface area (Å²) in [5, 5.41) is 2.65. The Morgan fingerprint density at radius 1 is 0.698 bits per heavy atom. The standard InChI is InChI=1S/C33H28.3C2H6.CH3B2.Y/c1-2-6-24-19-27(11-9-23(24)5-1)33(29-14-21-13-22(16-29)17-30(33)15-21)28-12-10-26-18-25-7-3-4-8-31(25)32(26)20-28;3*1-2;1-3-2;/h1-10,12,19,21-22,29-30H,13-18H2;3*1-2H3;1H3;/q-2;;;;;. The molecule has 0 saturated heterocycles. The van der Waals surface area contributed by atoms with Crippen molar-refractivity contribution in [3.63, 3.8) is 0 Å². The van der Waals surface area contributed by atoms with E-state index in [1.54, 1.807) is 6.82 Å². The van der Waals surface area contributed by atoms with Gasteiger partial charge >= 0.3 is 0 Å². The number of fused-ring (bicyclic) bond motifs is 4. The van der Waals surface area contributed by atoms with Crippen LogP contribution in [0, 0.1) is 35.8 Å². The summed E-state index contributed by atoms with van der Waals surface area (Å²) in [7, 11) is 6.22. The van der Waals surface area contributed by atoms with E-state index >= 15 is 0 Å². The molecular formula is C40H49B2Y-2. The number of hydrogen-bond acceptors (Lipinski definition) is 0. The molecule has 0 amide bonds. The minimum atomic E-state index is 0. The predicted molar refractivity (Wildman–Crippen MR) is 186 cm³/mol. The van der Waals surface area contributed by atoms with Gasteiger partial charge in [-0.1, -0.05) is 95.1 Å². The Labute approximate surface area is 290 Å². The molecule has 0 atom stereocenters. The van der Waals surface area contributed by atoms with Crippen molar-refractivity contribution in [3.8, 4) is 11.1 Å². The maximum Gasteiger partial charge on any atom is 0.0502 e. The van der Waals surface area contributed by atoms with Gasteiger partial charge in [-0.3, -0.25) is 0 Å². The number of benzene rings is 4. The molecule has 5 aliphatic rings. The van der Waals surface area contributed by atoms with Gasteiger partial charge in [0.05, 0.1) is 7.17 Å². The van der Waals surface area contributed by atoms with Crippen LogP contribution in [0.15, 0.2) is 72.8 Å². The van der Waals surface area contributed by atoms with Crippen LogP contribution in [-0.4, -0.2) is 14.9 Å². The van der Waals surface area contributed by atoms with Gasteiger partial charge < -0.3 is 0 Å². The van der Waals surface area contributed by atoms with Gasteiger partial charge in [0.25, 0.3) is 0 Å². The molecule has 0 aliphatic heterocycles. The van der Waals surface area contributed by atoms with E-state index < -0.39 is 0 Å². The molecule has 9 rings (SSSR count). The van der Waals surface area contributed by atoms with Crippen molar-refractivity contribution in [2.24, 2.45) is 23.7 Å². The molecule has 43 heavy (non-hydrogen) atoms. The van der Waals surface area contributed by atoms with Gasteiger partial charge in [-0.15, -0.1) is 58.6 Å². The SMILES string of the molecule is CC.CC.CC.[B][B]C.[Y].[c-]1cc2ccccc2cc1C1(c2[c-]c3c(cc2)Cc2ccccc2-3)C2CC3CC(C2)CC1C3. The van der Waals surface area contributed by atoms with Crippen LogP contribution in [-0.2, 0) is 44.5 Å². The second-order valence-electron chi connectivity index (χ2n) is 11.6. The van der Waals surface area contributed by atoms with Crippen molar-refractivity contribution >= 4 is 25.7 Å². The fourth-order valence-electron chi connectivity index (χ4n) is 8.59. The smallest absolute Gasteiger partial charge is 0.0502 e. The molecule has 0 unspecified atom stereocenters. The molecule has 4 fully saturated rings. The van der Waals surface area contributed by atoms with Crippen LogP contribution < -0.4 is 0 Å². The van der Waals surface area contributed by atoms with E-state index in [0.717, 1.165) is 30.1 Å². The first-order chi connectivity index (χ1) is 20.7. The number of hydrogen-bond donors (Lipinski definition) is 0. The fourth-order valence-corrected chi connectivity index (χ4v) is 8.59. The van der Waals surface area contributed by atoms with Gasteiger partial charge in [-0.2, -0.15) is 23.8 Å². The summed E-state index contributed by atoms with van der Waals surface area (Å²) < 4.78 is 0. The van der Waals surface area contributed by atoms with Crippen molar-refractivity contribution in [1.82, 2.24) is 0 Å². The molecule has 4 aromatic rings. The Morgan fingerprint density at radius 3 is 1.88 bits per heavy atom. The van der Waals surface area contributed by atoms with E-state index in [1.807, 2.05) is 41.5 Å². The Hall–Kier alpha value is -1.63. The minimum Gasteiger partial charge on any atom is -0.179 e. The van der Waals surface area contributed by atoms with Crippen molar-refractivity contribution < 1.29 is 32.7 Å². The third-order valence-electron chi connectivity index (χ3n) is 9.70. The van der Waals surface area contributed by atoms with Gasteiger partial charge in [0, 0.05) is 40.4 Å². The second kappa shape index (κ2) is 16.6. The van der Waals surface area contributed by atoms with Crippen LogP contribution in [0.1, 0.15) is 95.9 Å². The molecule has 4 aromatic carbocycles. The van der Waals surface area contributed by atoms with Crippen LogP contribution in [0.4, 0.5) is 0 Å². The van der Waals surface area contributed by atoms with Crippen LogP contribution >= 0.6 is 0 Å². The fraction of sp³-hybridized carbons (Fsp3) is 0.450. The van der Waals surface area contributed by atoms with Gasteiger partial charge in [-0.05, 0) is 67.6 Å². The van der Waals surface area contributed by atoms with E-state index in [-0.39, 0.29) is 38.1 Å². The van der Waals surface area contributed by atoms with Gasteiger partial charge in [0.1, 0.15) is 0 Å². The topological polar surface area (TPSA) is 0 Å². The third kappa shape index (κ3) is 6.68. The second-order valence-corrected chi connectivity index (χ2v) is 11.6. The molecule has 0 aromatic heterocycles. The van der Waals surface area contributed by atoms with Crippen molar-refractivity contribution in [2.45, 2.75) is 92.3 Å². The van der Waals surface area contributed by atoms with E-state index in [2.05, 4.69) is 84.9 Å². The van der Waals surface area contributed by atoms with Crippen LogP contribution in [0.5, 0.6) is 0 Å². The van der Waals surface area contributed by atoms with Crippen molar-refractivity contribution in [2.75, 3.05) is 0 Å². The Kier molecular flexibility index (Phi) is 13.9. The summed E-state index contributed by atoms with van der Waals surface area (Å²) in [5.74, 6) is 3.32. The summed E-state index contributed by atoms with van der Waals surface area (Å²) in [6.07, 6.45) is 8.06. The van der Waals surface area contributed by atoms with Crippen LogP contribution in [0.25, 0.3) is 21.9 Å². The third-order valence-corrected chi connectivity index (χ3v) is 9.70. The molecular weight excluding hydrogens is 591 g/mol. The van der Waals surface area contributed by atoms with Crippen molar-refractivity contribution in [3.05, 3.63) is 107 Å². The summed E-state index contributed by atoms with van der Waals surface area (Å²) in [4.78, 5) is 0. The zero-order valence-corrected chi connectivity index (χ0v) is 30.6. The molecule has 4 saturated carbocycles. The van der Waals surface area contributed by atoms with E-state index in [9.17, 15) is 0 Å². The molecule has 5 aliphatic carbocycles. The van der Waals surface area contributed by atoms with Crippen LogP contribution in [0.2, 0.25) is 6.82 Å². The maximum atomic E-state index is 4.72. The monoisotopic (exact) mass is 640 g/mol. The first-order valence-electron chi connectivity index (χ1n) is 16.7. The molecule has 0 N–H and O–H groups in total. The average molecular weight is 640 g/mol. The first-order valence-corrected chi connectivity index (χ1v) is 16.7. The average Bonchev–Trinajstić information content (AvgIpc) is 3.42.